The van der Waals surface area contributed by atoms with Crippen LogP contribution in [0.25, 0.3) is 5.69 Å². The Morgan fingerprint density at radius 3 is 2.50 bits per heavy atom. The molecule has 0 radical (unpaired) electrons. The zero-order valence-corrected chi connectivity index (χ0v) is 9.30. The maximum atomic E-state index is 12.3. The number of halogens is 3. The fourth-order valence-electron chi connectivity index (χ4n) is 1.44. The lowest BCUT2D eigenvalue weighted by Gasteiger charge is -2.13. The fraction of sp³-hybridized carbons (Fsp3) is 0.273. The second-order valence-electron chi connectivity index (χ2n) is 3.84. The van der Waals surface area contributed by atoms with Gasteiger partial charge >= 0.3 is 6.18 Å². The fourth-order valence-corrected chi connectivity index (χ4v) is 1.44. The molecule has 4 nitrogen and oxygen atoms in total. The van der Waals surface area contributed by atoms with Gasteiger partial charge in [-0.2, -0.15) is 13.2 Å². The highest BCUT2D eigenvalue weighted by Gasteiger charge is 2.37. The molecule has 1 aromatic heterocycles. The molecule has 0 aliphatic carbocycles. The van der Waals surface area contributed by atoms with Crippen LogP contribution in [0, 0.1) is 0 Å². The minimum Gasteiger partial charge on any atom is -0.320 e. The van der Waals surface area contributed by atoms with Crippen LogP contribution in [0.2, 0.25) is 0 Å². The third-order valence-corrected chi connectivity index (χ3v) is 2.41. The van der Waals surface area contributed by atoms with Gasteiger partial charge in [-0.3, -0.25) is 0 Å². The van der Waals surface area contributed by atoms with Gasteiger partial charge < -0.3 is 5.73 Å². The smallest absolute Gasteiger partial charge is 0.320 e. The summed E-state index contributed by atoms with van der Waals surface area (Å²) in [7, 11) is 0. The van der Waals surface area contributed by atoms with Crippen LogP contribution in [0.4, 0.5) is 13.2 Å². The first-order valence-corrected chi connectivity index (χ1v) is 5.26. The summed E-state index contributed by atoms with van der Waals surface area (Å²) in [5.74, 6) is 0. The quantitative estimate of drug-likeness (QED) is 0.909. The highest BCUT2D eigenvalue weighted by molar-refractivity contribution is 5.29. The van der Waals surface area contributed by atoms with E-state index >= 15 is 0 Å². The molecule has 1 atom stereocenters. The normalized spacial score (nSPS) is 13.6. The van der Waals surface area contributed by atoms with Gasteiger partial charge in [-0.15, -0.1) is 5.10 Å². The van der Waals surface area contributed by atoms with Crippen LogP contribution in [0.1, 0.15) is 5.69 Å². The SMILES string of the molecule is NC(Cc1cn(-c2ccccc2)nn1)C(F)(F)F. The number of nitrogens with two attached hydrogens (primary N) is 1. The number of aromatic nitrogens is 3. The second kappa shape index (κ2) is 4.77. The van der Waals surface area contributed by atoms with Crippen LogP contribution >= 0.6 is 0 Å². The van der Waals surface area contributed by atoms with Crippen LogP contribution in [-0.2, 0) is 6.42 Å². The molecule has 2 N–H and O–H groups in total. The summed E-state index contributed by atoms with van der Waals surface area (Å²) in [4.78, 5) is 0. The zero-order chi connectivity index (χ0) is 13.2. The molecule has 2 aromatic rings. The van der Waals surface area contributed by atoms with Crippen molar-refractivity contribution in [3.63, 3.8) is 0 Å². The molecular weight excluding hydrogens is 245 g/mol. The number of para-hydroxylation sites is 1. The second-order valence-corrected chi connectivity index (χ2v) is 3.84. The van der Waals surface area contributed by atoms with E-state index in [4.69, 9.17) is 5.73 Å². The topological polar surface area (TPSA) is 56.7 Å². The van der Waals surface area contributed by atoms with Gasteiger partial charge in [-0.25, -0.2) is 4.68 Å². The molecule has 0 saturated carbocycles. The Kier molecular flexibility index (Phi) is 3.33. The molecule has 1 unspecified atom stereocenters. The van der Waals surface area contributed by atoms with E-state index in [1.807, 2.05) is 6.07 Å². The molecule has 18 heavy (non-hydrogen) atoms. The molecule has 0 aliphatic rings. The standard InChI is InChI=1S/C11H11F3N4/c12-11(13,14)10(15)6-8-7-18(17-16-8)9-4-2-1-3-5-9/h1-5,7,10H,6,15H2. The van der Waals surface area contributed by atoms with Gasteiger partial charge in [0.05, 0.1) is 17.6 Å². The summed E-state index contributed by atoms with van der Waals surface area (Å²) in [6, 6.07) is 7.08. The molecule has 0 spiro atoms. The van der Waals surface area contributed by atoms with E-state index in [9.17, 15) is 13.2 Å². The Hall–Kier alpha value is -1.89. The monoisotopic (exact) mass is 256 g/mol. The largest absolute Gasteiger partial charge is 0.404 e. The van der Waals surface area contributed by atoms with E-state index in [2.05, 4.69) is 10.3 Å². The van der Waals surface area contributed by atoms with Crippen LogP contribution < -0.4 is 5.73 Å². The van der Waals surface area contributed by atoms with Crippen LogP contribution in [-0.4, -0.2) is 27.2 Å². The van der Waals surface area contributed by atoms with E-state index < -0.39 is 12.2 Å². The molecule has 96 valence electrons. The molecule has 0 amide bonds. The molecule has 1 aromatic carbocycles. The summed E-state index contributed by atoms with van der Waals surface area (Å²) >= 11 is 0. The number of rotatable bonds is 3. The highest BCUT2D eigenvalue weighted by Crippen LogP contribution is 2.20. The molecule has 1 heterocycles. The maximum Gasteiger partial charge on any atom is 0.404 e. The zero-order valence-electron chi connectivity index (χ0n) is 9.30. The average molecular weight is 256 g/mol. The number of hydrogen-bond acceptors (Lipinski definition) is 3. The van der Waals surface area contributed by atoms with E-state index in [1.165, 1.54) is 10.9 Å². The Bertz CT molecular complexity index is 507. The van der Waals surface area contributed by atoms with Crippen molar-refractivity contribution in [3.8, 4) is 5.69 Å². The van der Waals surface area contributed by atoms with Crippen molar-refractivity contribution in [2.45, 2.75) is 18.6 Å². The predicted molar refractivity (Wildman–Crippen MR) is 59.1 cm³/mol. The maximum absolute atomic E-state index is 12.3. The van der Waals surface area contributed by atoms with Gasteiger partial charge in [0, 0.05) is 6.42 Å². The Labute approximate surface area is 101 Å². The molecule has 2 rings (SSSR count). The minimum atomic E-state index is -4.42. The summed E-state index contributed by atoms with van der Waals surface area (Å²) in [5, 5.41) is 7.44. The van der Waals surface area contributed by atoms with Gasteiger partial charge in [0.1, 0.15) is 6.04 Å². The summed E-state index contributed by atoms with van der Waals surface area (Å²) < 4.78 is 38.3. The van der Waals surface area contributed by atoms with Crippen LogP contribution in [0.15, 0.2) is 36.5 Å². The summed E-state index contributed by atoms with van der Waals surface area (Å²) in [5.41, 5.74) is 5.97. The van der Waals surface area contributed by atoms with E-state index in [0.717, 1.165) is 5.69 Å². The van der Waals surface area contributed by atoms with Crippen molar-refractivity contribution < 1.29 is 13.2 Å². The molecule has 0 fully saturated rings. The Morgan fingerprint density at radius 1 is 1.22 bits per heavy atom. The van der Waals surface area contributed by atoms with Gasteiger partial charge in [0.15, 0.2) is 0 Å². The number of hydrogen-bond donors (Lipinski definition) is 1. The number of nitrogens with zero attached hydrogens (tertiary/aromatic N) is 3. The molecular formula is C11H11F3N4. The minimum absolute atomic E-state index is 0.212. The lowest BCUT2D eigenvalue weighted by molar-refractivity contribution is -0.147. The Balaban J connectivity index is 2.12. The van der Waals surface area contributed by atoms with Gasteiger partial charge in [-0.05, 0) is 12.1 Å². The van der Waals surface area contributed by atoms with Crippen molar-refractivity contribution in [2.75, 3.05) is 0 Å². The van der Waals surface area contributed by atoms with Crippen molar-refractivity contribution in [2.24, 2.45) is 5.73 Å². The van der Waals surface area contributed by atoms with Crippen LogP contribution in [0.5, 0.6) is 0 Å². The van der Waals surface area contributed by atoms with E-state index in [-0.39, 0.29) is 12.1 Å². The van der Waals surface area contributed by atoms with E-state index in [0.29, 0.717) is 0 Å². The van der Waals surface area contributed by atoms with Gasteiger partial charge in [0.25, 0.3) is 0 Å². The first kappa shape index (κ1) is 12.6. The molecule has 0 aliphatic heterocycles. The van der Waals surface area contributed by atoms with Gasteiger partial charge in [0.2, 0.25) is 0 Å². The molecule has 0 bridgehead atoms. The third-order valence-electron chi connectivity index (χ3n) is 2.41. The summed E-state index contributed by atoms with van der Waals surface area (Å²) in [6.07, 6.45) is -3.35. The Morgan fingerprint density at radius 2 is 1.89 bits per heavy atom. The third kappa shape index (κ3) is 2.86. The predicted octanol–water partition coefficient (Wildman–Crippen LogP) is 1.70. The summed E-state index contributed by atoms with van der Waals surface area (Å²) in [6.45, 7) is 0. The first-order chi connectivity index (χ1) is 8.47. The lowest BCUT2D eigenvalue weighted by atomic mass is 10.2. The molecule has 0 saturated heterocycles. The lowest BCUT2D eigenvalue weighted by Crippen LogP contribution is -2.39. The number of alkyl halides is 3. The van der Waals surface area contributed by atoms with Crippen molar-refractivity contribution in [1.29, 1.82) is 0 Å². The first-order valence-electron chi connectivity index (χ1n) is 5.26. The average Bonchev–Trinajstić information content (AvgIpc) is 2.77. The van der Waals surface area contributed by atoms with Gasteiger partial charge in [-0.1, -0.05) is 23.4 Å². The van der Waals surface area contributed by atoms with Crippen molar-refractivity contribution >= 4 is 0 Å². The van der Waals surface area contributed by atoms with E-state index in [1.54, 1.807) is 24.3 Å². The molecule has 7 heteroatoms. The highest BCUT2D eigenvalue weighted by atomic mass is 19.4. The van der Waals surface area contributed by atoms with Crippen molar-refractivity contribution in [3.05, 3.63) is 42.2 Å². The number of benzene rings is 1. The van der Waals surface area contributed by atoms with Crippen LogP contribution in [0.3, 0.4) is 0 Å². The van der Waals surface area contributed by atoms with Crippen molar-refractivity contribution in [1.82, 2.24) is 15.0 Å².